The van der Waals surface area contributed by atoms with E-state index in [2.05, 4.69) is 70.2 Å². The van der Waals surface area contributed by atoms with Crippen LogP contribution in [0.3, 0.4) is 0 Å². The molecule has 0 heterocycles. The van der Waals surface area contributed by atoms with Gasteiger partial charge in [-0.3, -0.25) is 0 Å². The maximum atomic E-state index is 2.51. The standard InChI is InChI=1S/C32H48/c1-5-7-9-21-32(22-10-8-11-23-32)31-20-19-30(25-27(31)4)18-15-28-13-16-29(17-14-28)24-26(3)12-6-2/h13-14,16-17,19-20,25-26H,5-12,15,18,21-24H2,1-4H3. The Morgan fingerprint density at radius 2 is 1.44 bits per heavy atom. The summed E-state index contributed by atoms with van der Waals surface area (Å²) in [5.41, 5.74) is 8.15. The summed E-state index contributed by atoms with van der Waals surface area (Å²) in [6, 6.07) is 16.9. The minimum Gasteiger partial charge on any atom is -0.0654 e. The number of benzene rings is 2. The number of aryl methyl sites for hydroxylation is 3. The fourth-order valence-electron chi connectivity index (χ4n) is 6.20. The summed E-state index contributed by atoms with van der Waals surface area (Å²) in [5.74, 6) is 0.793. The minimum atomic E-state index is 0.459. The Morgan fingerprint density at radius 3 is 2.09 bits per heavy atom. The van der Waals surface area contributed by atoms with Crippen molar-refractivity contribution < 1.29 is 0 Å². The highest BCUT2D eigenvalue weighted by molar-refractivity contribution is 5.38. The first-order chi connectivity index (χ1) is 15.6. The fraction of sp³-hybridized carbons (Fsp3) is 0.625. The van der Waals surface area contributed by atoms with Crippen LogP contribution in [0.5, 0.6) is 0 Å². The van der Waals surface area contributed by atoms with Gasteiger partial charge in [-0.05, 0) is 84.6 Å². The molecule has 32 heavy (non-hydrogen) atoms. The third-order valence-electron chi connectivity index (χ3n) is 8.02. The molecule has 2 aromatic rings. The van der Waals surface area contributed by atoms with Crippen molar-refractivity contribution in [3.63, 3.8) is 0 Å². The van der Waals surface area contributed by atoms with Crippen LogP contribution in [-0.2, 0) is 24.7 Å². The van der Waals surface area contributed by atoms with E-state index in [0.29, 0.717) is 5.41 Å². The quantitative estimate of drug-likeness (QED) is 0.293. The summed E-state index contributed by atoms with van der Waals surface area (Å²) >= 11 is 0. The van der Waals surface area contributed by atoms with Gasteiger partial charge in [-0.15, -0.1) is 0 Å². The van der Waals surface area contributed by atoms with Gasteiger partial charge < -0.3 is 0 Å². The van der Waals surface area contributed by atoms with Gasteiger partial charge in [0.2, 0.25) is 0 Å². The van der Waals surface area contributed by atoms with E-state index >= 15 is 0 Å². The van der Waals surface area contributed by atoms with Crippen LogP contribution in [0.1, 0.15) is 119 Å². The molecular formula is C32H48. The summed E-state index contributed by atoms with van der Waals surface area (Å²) < 4.78 is 0. The highest BCUT2D eigenvalue weighted by atomic mass is 14.4. The third kappa shape index (κ3) is 6.97. The van der Waals surface area contributed by atoms with Gasteiger partial charge in [0.1, 0.15) is 0 Å². The van der Waals surface area contributed by atoms with Crippen molar-refractivity contribution in [1.29, 1.82) is 0 Å². The molecule has 0 aromatic heterocycles. The van der Waals surface area contributed by atoms with E-state index in [9.17, 15) is 0 Å². The van der Waals surface area contributed by atoms with E-state index in [1.807, 2.05) is 0 Å². The molecular weight excluding hydrogens is 384 g/mol. The predicted molar refractivity (Wildman–Crippen MR) is 142 cm³/mol. The molecule has 0 spiro atoms. The molecule has 0 N–H and O–H groups in total. The lowest BCUT2D eigenvalue weighted by molar-refractivity contribution is 0.265. The normalized spacial score (nSPS) is 16.8. The van der Waals surface area contributed by atoms with Crippen LogP contribution in [-0.4, -0.2) is 0 Å². The van der Waals surface area contributed by atoms with Crippen LogP contribution in [0, 0.1) is 12.8 Å². The average molecular weight is 433 g/mol. The van der Waals surface area contributed by atoms with Crippen LogP contribution in [0.4, 0.5) is 0 Å². The van der Waals surface area contributed by atoms with Crippen LogP contribution < -0.4 is 0 Å². The molecule has 0 nitrogen and oxygen atoms in total. The Hall–Kier alpha value is -1.56. The fourth-order valence-corrected chi connectivity index (χ4v) is 6.20. The summed E-state index contributed by atoms with van der Waals surface area (Å²) in [5, 5.41) is 0. The predicted octanol–water partition coefficient (Wildman–Crippen LogP) is 9.54. The minimum absolute atomic E-state index is 0.459. The van der Waals surface area contributed by atoms with E-state index in [-0.39, 0.29) is 0 Å². The third-order valence-corrected chi connectivity index (χ3v) is 8.02. The van der Waals surface area contributed by atoms with Gasteiger partial charge in [-0.2, -0.15) is 0 Å². The SMILES string of the molecule is CCCCCC1(c2ccc(CCc3ccc(CC(C)CCC)cc3)cc2C)CCCCC1. The van der Waals surface area contributed by atoms with Crippen LogP contribution >= 0.6 is 0 Å². The van der Waals surface area contributed by atoms with Gasteiger partial charge in [-0.1, -0.05) is 115 Å². The number of hydrogen-bond acceptors (Lipinski definition) is 0. The maximum absolute atomic E-state index is 2.51. The van der Waals surface area contributed by atoms with Crippen molar-refractivity contribution in [3.05, 3.63) is 70.3 Å². The van der Waals surface area contributed by atoms with E-state index in [4.69, 9.17) is 0 Å². The van der Waals surface area contributed by atoms with Crippen molar-refractivity contribution in [2.45, 2.75) is 123 Å². The molecule has 0 heteroatoms. The number of hydrogen-bond donors (Lipinski definition) is 0. The first-order valence-corrected chi connectivity index (χ1v) is 13.7. The first kappa shape index (κ1) is 25.1. The highest BCUT2D eigenvalue weighted by Gasteiger charge is 2.34. The second-order valence-corrected chi connectivity index (χ2v) is 10.9. The van der Waals surface area contributed by atoms with Crippen molar-refractivity contribution in [2.24, 2.45) is 5.92 Å². The average Bonchev–Trinajstić information content (AvgIpc) is 2.79. The van der Waals surface area contributed by atoms with Gasteiger partial charge in [0, 0.05) is 0 Å². The number of unbranched alkanes of at least 4 members (excludes halogenated alkanes) is 2. The molecule has 1 atom stereocenters. The molecule has 1 aliphatic rings. The van der Waals surface area contributed by atoms with Gasteiger partial charge in [0.25, 0.3) is 0 Å². The topological polar surface area (TPSA) is 0 Å². The molecule has 2 aromatic carbocycles. The lowest BCUT2D eigenvalue weighted by Gasteiger charge is -2.39. The second-order valence-electron chi connectivity index (χ2n) is 10.9. The van der Waals surface area contributed by atoms with E-state index in [0.717, 1.165) is 18.8 Å². The van der Waals surface area contributed by atoms with Crippen molar-refractivity contribution in [3.8, 4) is 0 Å². The molecule has 1 saturated carbocycles. The summed E-state index contributed by atoms with van der Waals surface area (Å²) in [6.07, 6.45) is 18.7. The monoisotopic (exact) mass is 432 g/mol. The zero-order valence-electron chi connectivity index (χ0n) is 21.5. The first-order valence-electron chi connectivity index (χ1n) is 13.7. The maximum Gasteiger partial charge on any atom is -0.00443 e. The summed E-state index contributed by atoms with van der Waals surface area (Å²) in [6.45, 7) is 9.37. The molecule has 1 unspecified atom stereocenters. The summed E-state index contributed by atoms with van der Waals surface area (Å²) in [4.78, 5) is 0. The largest absolute Gasteiger partial charge is 0.0654 e. The van der Waals surface area contributed by atoms with Gasteiger partial charge >= 0.3 is 0 Å². The second kappa shape index (κ2) is 12.6. The van der Waals surface area contributed by atoms with Crippen molar-refractivity contribution in [1.82, 2.24) is 0 Å². The lowest BCUT2D eigenvalue weighted by atomic mass is 9.65. The Balaban J connectivity index is 1.62. The zero-order chi connectivity index (χ0) is 22.8. The van der Waals surface area contributed by atoms with Gasteiger partial charge in [0.15, 0.2) is 0 Å². The Bertz CT molecular complexity index is 791. The molecule has 1 fully saturated rings. The molecule has 0 radical (unpaired) electrons. The van der Waals surface area contributed by atoms with Crippen molar-refractivity contribution >= 4 is 0 Å². The molecule has 0 amide bonds. The van der Waals surface area contributed by atoms with Gasteiger partial charge in [-0.25, -0.2) is 0 Å². The Labute approximate surface area is 199 Å². The highest BCUT2D eigenvalue weighted by Crippen LogP contribution is 2.44. The van der Waals surface area contributed by atoms with E-state index < -0.39 is 0 Å². The number of rotatable bonds is 12. The van der Waals surface area contributed by atoms with E-state index in [1.54, 1.807) is 11.1 Å². The molecule has 3 rings (SSSR count). The van der Waals surface area contributed by atoms with E-state index in [1.165, 1.54) is 93.7 Å². The summed E-state index contributed by atoms with van der Waals surface area (Å²) in [7, 11) is 0. The smallest absolute Gasteiger partial charge is 0.00443 e. The lowest BCUT2D eigenvalue weighted by Crippen LogP contribution is -2.30. The zero-order valence-corrected chi connectivity index (χ0v) is 21.5. The molecule has 0 bridgehead atoms. The van der Waals surface area contributed by atoms with Crippen LogP contribution in [0.25, 0.3) is 0 Å². The molecule has 0 aliphatic heterocycles. The molecule has 176 valence electrons. The Morgan fingerprint density at radius 1 is 0.781 bits per heavy atom. The Kier molecular flexibility index (Phi) is 9.89. The van der Waals surface area contributed by atoms with Crippen molar-refractivity contribution in [2.75, 3.05) is 0 Å². The molecule has 1 aliphatic carbocycles. The molecule has 0 saturated heterocycles. The van der Waals surface area contributed by atoms with Crippen LogP contribution in [0.2, 0.25) is 0 Å². The van der Waals surface area contributed by atoms with Gasteiger partial charge in [0.05, 0.1) is 0 Å². The van der Waals surface area contributed by atoms with Crippen LogP contribution in [0.15, 0.2) is 42.5 Å².